The van der Waals surface area contributed by atoms with Gasteiger partial charge < -0.3 is 19.5 Å². The minimum absolute atomic E-state index is 0.0191. The molecule has 246 valence electrons. The summed E-state index contributed by atoms with van der Waals surface area (Å²) in [6.07, 6.45) is 5.44. The Morgan fingerprint density at radius 2 is 1.83 bits per heavy atom. The number of alkyl halides is 3. The van der Waals surface area contributed by atoms with Gasteiger partial charge in [-0.3, -0.25) is 9.58 Å². The minimum Gasteiger partial charge on any atom is -0.487 e. The molecule has 0 amide bonds. The Bertz CT molecular complexity index is 1560. The van der Waals surface area contributed by atoms with Crippen LogP contribution in [-0.4, -0.2) is 96.1 Å². The van der Waals surface area contributed by atoms with Crippen molar-refractivity contribution >= 4 is 23.2 Å². The molecule has 3 aromatic heterocycles. The first-order valence-electron chi connectivity index (χ1n) is 15.1. The van der Waals surface area contributed by atoms with Crippen LogP contribution in [0.2, 0.25) is 5.02 Å². The topological polar surface area (TPSA) is 130 Å². The third-order valence-electron chi connectivity index (χ3n) is 8.03. The standard InChI is InChI=1S/C29H34ClF3N10O3/c1-19(15-42-18-36-39-40-42)45-26-12-20(2-7-24(26)30)21-13-34-28(35-14-21)37-25-16-43(38-27(25)46-29(32,33)17-31)23-5-3-22(4-6-23)41-8-10-44-11-9-41/h2,7,12-14,16,18-19,22-23H,3-6,8-11,15,17H2,1H3,(H,34,35,37)/t19-,22-,23-/m0/s1. The van der Waals surface area contributed by atoms with Crippen LogP contribution >= 0.6 is 11.6 Å². The van der Waals surface area contributed by atoms with Crippen LogP contribution < -0.4 is 14.8 Å². The van der Waals surface area contributed by atoms with Crippen LogP contribution in [0.4, 0.5) is 24.8 Å². The van der Waals surface area contributed by atoms with E-state index in [1.54, 1.807) is 46.2 Å². The molecule has 1 aliphatic heterocycles. The number of ether oxygens (including phenoxy) is 3. The Morgan fingerprint density at radius 3 is 2.52 bits per heavy atom. The number of hydrogen-bond acceptors (Lipinski definition) is 11. The van der Waals surface area contributed by atoms with Crippen molar-refractivity contribution in [1.29, 1.82) is 0 Å². The molecule has 4 aromatic rings. The zero-order chi connectivity index (χ0) is 32.1. The molecule has 2 fully saturated rings. The maximum Gasteiger partial charge on any atom is 0.428 e. The lowest BCUT2D eigenvalue weighted by atomic mass is 9.90. The average molecular weight is 663 g/mol. The maximum absolute atomic E-state index is 14.0. The van der Waals surface area contributed by atoms with Crippen molar-refractivity contribution in [2.75, 3.05) is 38.3 Å². The van der Waals surface area contributed by atoms with Gasteiger partial charge in [-0.15, -0.1) is 10.2 Å². The molecule has 1 atom stereocenters. The van der Waals surface area contributed by atoms with Crippen molar-refractivity contribution in [3.05, 3.63) is 48.1 Å². The highest BCUT2D eigenvalue weighted by Gasteiger charge is 2.35. The van der Waals surface area contributed by atoms with Crippen LogP contribution in [0.25, 0.3) is 11.1 Å². The highest BCUT2D eigenvalue weighted by Crippen LogP contribution is 2.37. The van der Waals surface area contributed by atoms with Gasteiger partial charge in [0, 0.05) is 37.1 Å². The van der Waals surface area contributed by atoms with E-state index in [1.807, 2.05) is 6.92 Å². The first-order valence-corrected chi connectivity index (χ1v) is 15.4. The van der Waals surface area contributed by atoms with E-state index >= 15 is 0 Å². The largest absolute Gasteiger partial charge is 0.487 e. The second-order valence-electron chi connectivity index (χ2n) is 11.3. The number of hydrogen-bond donors (Lipinski definition) is 1. The molecule has 1 aromatic carbocycles. The van der Waals surface area contributed by atoms with Gasteiger partial charge in [0.2, 0.25) is 5.95 Å². The molecule has 2 aliphatic rings. The second-order valence-corrected chi connectivity index (χ2v) is 11.7. The lowest BCUT2D eigenvalue weighted by molar-refractivity contribution is -0.188. The summed E-state index contributed by atoms with van der Waals surface area (Å²) in [4.78, 5) is 11.2. The number of nitrogens with zero attached hydrogens (tertiary/aromatic N) is 9. The summed E-state index contributed by atoms with van der Waals surface area (Å²) in [7, 11) is 0. The van der Waals surface area contributed by atoms with E-state index in [1.165, 1.54) is 6.33 Å². The molecule has 1 saturated heterocycles. The van der Waals surface area contributed by atoms with Crippen molar-refractivity contribution in [1.82, 2.24) is 44.9 Å². The average Bonchev–Trinajstić information content (AvgIpc) is 3.72. The fourth-order valence-electron chi connectivity index (χ4n) is 5.74. The van der Waals surface area contributed by atoms with Crippen LogP contribution in [0.3, 0.4) is 0 Å². The number of morpholine rings is 1. The van der Waals surface area contributed by atoms with Gasteiger partial charge in [-0.05, 0) is 60.7 Å². The quantitative estimate of drug-likeness (QED) is 0.221. The number of anilines is 2. The number of aromatic nitrogens is 8. The van der Waals surface area contributed by atoms with E-state index in [2.05, 4.69) is 40.8 Å². The van der Waals surface area contributed by atoms with Crippen LogP contribution in [-0.2, 0) is 11.3 Å². The van der Waals surface area contributed by atoms with Crippen molar-refractivity contribution in [3.63, 3.8) is 0 Å². The summed E-state index contributed by atoms with van der Waals surface area (Å²) in [6.45, 7) is 3.60. The van der Waals surface area contributed by atoms with Gasteiger partial charge in [0.25, 0.3) is 5.88 Å². The molecule has 1 saturated carbocycles. The zero-order valence-electron chi connectivity index (χ0n) is 25.1. The van der Waals surface area contributed by atoms with Crippen LogP contribution in [0.5, 0.6) is 11.6 Å². The molecule has 0 radical (unpaired) electrons. The molecule has 17 heteroatoms. The number of rotatable bonds is 12. The van der Waals surface area contributed by atoms with E-state index in [-0.39, 0.29) is 23.8 Å². The summed E-state index contributed by atoms with van der Waals surface area (Å²) in [5, 5.41) is 18.7. The van der Waals surface area contributed by atoms with Gasteiger partial charge in [-0.2, -0.15) is 8.78 Å². The van der Waals surface area contributed by atoms with Gasteiger partial charge in [-0.1, -0.05) is 17.7 Å². The Hall–Kier alpha value is -4.02. The van der Waals surface area contributed by atoms with Gasteiger partial charge in [0.05, 0.1) is 37.0 Å². The van der Waals surface area contributed by atoms with Gasteiger partial charge in [0.15, 0.2) is 6.67 Å². The van der Waals surface area contributed by atoms with Crippen molar-refractivity contribution in [3.8, 4) is 22.8 Å². The summed E-state index contributed by atoms with van der Waals surface area (Å²) >= 11 is 6.38. The molecule has 4 heterocycles. The lowest BCUT2D eigenvalue weighted by Gasteiger charge is -2.38. The van der Waals surface area contributed by atoms with Crippen LogP contribution in [0.1, 0.15) is 38.6 Å². The van der Waals surface area contributed by atoms with E-state index in [9.17, 15) is 13.2 Å². The predicted octanol–water partition coefficient (Wildman–Crippen LogP) is 4.95. The molecule has 13 nitrogen and oxygen atoms in total. The Balaban J connectivity index is 1.14. The minimum atomic E-state index is -4.04. The molecule has 0 bridgehead atoms. The van der Waals surface area contributed by atoms with Gasteiger partial charge in [-0.25, -0.2) is 19.0 Å². The third-order valence-corrected chi connectivity index (χ3v) is 8.34. The van der Waals surface area contributed by atoms with Crippen LogP contribution in [0.15, 0.2) is 43.1 Å². The SMILES string of the molecule is C[C@@H](Cn1cnnn1)Oc1cc(-c2cnc(Nc3cn([C@H]4CC[C@H](N5CCOCC5)CC4)nc3OC(F)(F)CF)nc2)ccc1Cl. The van der Waals surface area contributed by atoms with Gasteiger partial charge >= 0.3 is 6.11 Å². The molecular formula is C29H34ClF3N10O3. The summed E-state index contributed by atoms with van der Waals surface area (Å²) < 4.78 is 60.4. The molecule has 1 aliphatic carbocycles. The second kappa shape index (κ2) is 14.2. The van der Waals surface area contributed by atoms with Crippen molar-refractivity contribution in [2.45, 2.75) is 63.4 Å². The Morgan fingerprint density at radius 1 is 1.09 bits per heavy atom. The monoisotopic (exact) mass is 662 g/mol. The molecule has 6 rings (SSSR count). The van der Waals surface area contributed by atoms with E-state index in [4.69, 9.17) is 25.8 Å². The molecular weight excluding hydrogens is 629 g/mol. The van der Waals surface area contributed by atoms with E-state index < -0.39 is 18.7 Å². The van der Waals surface area contributed by atoms with Gasteiger partial charge in [0.1, 0.15) is 23.9 Å². The number of halogens is 4. The molecule has 0 unspecified atom stereocenters. The van der Waals surface area contributed by atoms with Crippen LogP contribution in [0, 0.1) is 0 Å². The summed E-state index contributed by atoms with van der Waals surface area (Å²) in [5.74, 6) is 0.151. The Kier molecular flexibility index (Phi) is 9.84. The molecule has 0 spiro atoms. The van der Waals surface area contributed by atoms with E-state index in [0.717, 1.165) is 57.6 Å². The van der Waals surface area contributed by atoms with E-state index in [0.29, 0.717) is 28.9 Å². The Labute approximate surface area is 268 Å². The highest BCUT2D eigenvalue weighted by atomic mass is 35.5. The number of tetrazole rings is 1. The summed E-state index contributed by atoms with van der Waals surface area (Å²) in [6, 6.07) is 5.72. The van der Waals surface area contributed by atoms with Crippen molar-refractivity contribution < 1.29 is 27.4 Å². The fourth-order valence-corrected chi connectivity index (χ4v) is 5.90. The molecule has 1 N–H and O–H groups in total. The summed E-state index contributed by atoms with van der Waals surface area (Å²) in [5.41, 5.74) is 1.51. The lowest BCUT2D eigenvalue weighted by Crippen LogP contribution is -2.45. The number of benzene rings is 1. The first kappa shape index (κ1) is 31.9. The first-order chi connectivity index (χ1) is 22.3. The smallest absolute Gasteiger partial charge is 0.428 e. The highest BCUT2D eigenvalue weighted by molar-refractivity contribution is 6.32. The zero-order valence-corrected chi connectivity index (χ0v) is 25.9. The number of nitrogens with one attached hydrogen (secondary N) is 1. The predicted molar refractivity (Wildman–Crippen MR) is 161 cm³/mol. The third kappa shape index (κ3) is 7.85. The maximum atomic E-state index is 14.0. The molecule has 46 heavy (non-hydrogen) atoms. The normalized spacial score (nSPS) is 19.9. The van der Waals surface area contributed by atoms with Crippen molar-refractivity contribution in [2.24, 2.45) is 0 Å². The fraction of sp³-hybridized carbons (Fsp3) is 0.517.